The highest BCUT2D eigenvalue weighted by molar-refractivity contribution is 14.0. The molecule has 1 aliphatic heterocycles. The van der Waals surface area contributed by atoms with Crippen molar-refractivity contribution >= 4 is 35.9 Å². The first-order valence-corrected chi connectivity index (χ1v) is 10.4. The number of ether oxygens (including phenoxy) is 1. The molecule has 0 bridgehead atoms. The average molecular weight is 538 g/mol. The Labute approximate surface area is 200 Å². The van der Waals surface area contributed by atoms with Gasteiger partial charge in [0, 0.05) is 31.9 Å². The van der Waals surface area contributed by atoms with Gasteiger partial charge in [0.25, 0.3) is 5.56 Å². The molecule has 0 spiro atoms. The van der Waals surface area contributed by atoms with Crippen LogP contribution in [0.4, 0.5) is 0 Å². The Morgan fingerprint density at radius 2 is 1.81 bits per heavy atom. The molecule has 1 saturated heterocycles. The summed E-state index contributed by atoms with van der Waals surface area (Å²) in [5.41, 5.74) is 2.18. The van der Waals surface area contributed by atoms with Crippen LogP contribution in [0.25, 0.3) is 0 Å². The number of halogens is 1. The predicted octanol–water partition coefficient (Wildman–Crippen LogP) is 2.87. The minimum Gasteiger partial charge on any atom is -0.469 e. The van der Waals surface area contributed by atoms with Gasteiger partial charge in [-0.2, -0.15) is 0 Å². The van der Waals surface area contributed by atoms with Crippen LogP contribution in [0, 0.1) is 5.92 Å². The second kappa shape index (κ2) is 12.5. The molecule has 1 N–H and O–H groups in total. The average Bonchev–Trinajstić information content (AvgIpc) is 2.79. The lowest BCUT2D eigenvalue weighted by Gasteiger charge is -2.33. The molecular weight excluding hydrogens is 507 g/mol. The Morgan fingerprint density at radius 1 is 1.13 bits per heavy atom. The number of likely N-dealkylation sites (tertiary alicyclic amines) is 1. The van der Waals surface area contributed by atoms with Gasteiger partial charge in [-0.15, -0.1) is 24.0 Å². The van der Waals surface area contributed by atoms with Crippen LogP contribution in [-0.2, 0) is 22.6 Å². The molecule has 1 aliphatic rings. The van der Waals surface area contributed by atoms with Crippen molar-refractivity contribution in [2.24, 2.45) is 10.9 Å². The Morgan fingerprint density at radius 3 is 2.42 bits per heavy atom. The summed E-state index contributed by atoms with van der Waals surface area (Å²) in [6.45, 7) is 5.55. The third kappa shape index (κ3) is 7.09. The topological polar surface area (TPSA) is 75.9 Å². The fourth-order valence-electron chi connectivity index (χ4n) is 3.62. The van der Waals surface area contributed by atoms with Gasteiger partial charge in [0.15, 0.2) is 5.96 Å². The number of esters is 1. The number of benzene rings is 1. The molecule has 2 heterocycles. The fraction of sp³-hybridized carbons (Fsp3) is 0.435. The van der Waals surface area contributed by atoms with Crippen LogP contribution >= 0.6 is 24.0 Å². The van der Waals surface area contributed by atoms with Gasteiger partial charge >= 0.3 is 5.97 Å². The zero-order valence-electron chi connectivity index (χ0n) is 18.1. The Hall–Kier alpha value is -2.36. The molecule has 31 heavy (non-hydrogen) atoms. The van der Waals surface area contributed by atoms with E-state index in [0.717, 1.165) is 49.6 Å². The molecule has 1 fully saturated rings. The summed E-state index contributed by atoms with van der Waals surface area (Å²) in [4.78, 5) is 30.6. The number of aromatic nitrogens is 1. The molecule has 0 aliphatic carbocycles. The zero-order chi connectivity index (χ0) is 21.3. The second-order valence-electron chi connectivity index (χ2n) is 7.44. The maximum atomic E-state index is 11.9. The molecule has 0 radical (unpaired) electrons. The molecule has 1 aromatic heterocycles. The lowest BCUT2D eigenvalue weighted by molar-refractivity contribution is -0.146. The third-order valence-electron chi connectivity index (χ3n) is 5.35. The number of methoxy groups -OCH3 is 1. The molecule has 168 valence electrons. The number of aliphatic imine (C=N–C) groups is 1. The quantitative estimate of drug-likeness (QED) is 0.265. The number of hydrogen-bond donors (Lipinski definition) is 1. The van der Waals surface area contributed by atoms with Crippen molar-refractivity contribution in [2.75, 3.05) is 26.7 Å². The van der Waals surface area contributed by atoms with Gasteiger partial charge in [-0.1, -0.05) is 30.3 Å². The highest BCUT2D eigenvalue weighted by Gasteiger charge is 2.26. The summed E-state index contributed by atoms with van der Waals surface area (Å²) >= 11 is 0. The highest BCUT2D eigenvalue weighted by Crippen LogP contribution is 2.18. The van der Waals surface area contributed by atoms with E-state index in [1.165, 1.54) is 7.11 Å². The minimum absolute atomic E-state index is 0. The molecule has 1 aromatic carbocycles. The Balaban J connectivity index is 0.00000341. The van der Waals surface area contributed by atoms with Crippen molar-refractivity contribution < 1.29 is 9.53 Å². The van der Waals surface area contributed by atoms with E-state index in [0.29, 0.717) is 13.1 Å². The SMILES string of the molecule is CCNC(=NCc1ccc(Cn2ccccc2=O)cc1)N1CCC(C(=O)OC)CC1.I. The fourth-order valence-corrected chi connectivity index (χ4v) is 3.62. The molecule has 7 nitrogen and oxygen atoms in total. The molecule has 8 heteroatoms. The van der Waals surface area contributed by atoms with Gasteiger partial charge in [0.05, 0.1) is 26.1 Å². The van der Waals surface area contributed by atoms with E-state index in [9.17, 15) is 9.59 Å². The van der Waals surface area contributed by atoms with Crippen LogP contribution in [0.1, 0.15) is 30.9 Å². The summed E-state index contributed by atoms with van der Waals surface area (Å²) in [7, 11) is 1.45. The van der Waals surface area contributed by atoms with E-state index in [-0.39, 0.29) is 41.4 Å². The lowest BCUT2D eigenvalue weighted by atomic mass is 9.97. The normalized spacial score (nSPS) is 14.6. The van der Waals surface area contributed by atoms with Gasteiger partial charge in [-0.05, 0) is 37.0 Å². The van der Waals surface area contributed by atoms with E-state index in [1.807, 2.05) is 18.2 Å². The minimum atomic E-state index is -0.116. The summed E-state index contributed by atoms with van der Waals surface area (Å²) in [6.07, 6.45) is 3.36. The molecule has 0 unspecified atom stereocenters. The predicted molar refractivity (Wildman–Crippen MR) is 133 cm³/mol. The van der Waals surface area contributed by atoms with Gasteiger partial charge in [-0.3, -0.25) is 9.59 Å². The van der Waals surface area contributed by atoms with Crippen LogP contribution in [0.15, 0.2) is 58.4 Å². The molecule has 2 aromatic rings. The molecule has 3 rings (SSSR count). The lowest BCUT2D eigenvalue weighted by Crippen LogP contribution is -2.46. The summed E-state index contributed by atoms with van der Waals surface area (Å²) in [6, 6.07) is 13.4. The van der Waals surface area contributed by atoms with Crippen LogP contribution in [0.3, 0.4) is 0 Å². The van der Waals surface area contributed by atoms with Crippen LogP contribution in [0.5, 0.6) is 0 Å². The van der Waals surface area contributed by atoms with E-state index in [2.05, 4.69) is 29.3 Å². The molecule has 0 amide bonds. The second-order valence-corrected chi connectivity index (χ2v) is 7.44. The first-order valence-electron chi connectivity index (χ1n) is 10.4. The first kappa shape index (κ1) is 24.9. The maximum Gasteiger partial charge on any atom is 0.308 e. The van der Waals surface area contributed by atoms with Gasteiger partial charge in [-0.25, -0.2) is 4.99 Å². The number of pyridine rings is 1. The van der Waals surface area contributed by atoms with Crippen molar-refractivity contribution in [3.8, 4) is 0 Å². The van der Waals surface area contributed by atoms with Crippen LogP contribution in [-0.4, -0.2) is 48.1 Å². The van der Waals surface area contributed by atoms with Gasteiger partial charge in [0.2, 0.25) is 0 Å². The van der Waals surface area contributed by atoms with Crippen LogP contribution < -0.4 is 10.9 Å². The number of rotatable bonds is 6. The van der Waals surface area contributed by atoms with Crippen molar-refractivity contribution in [2.45, 2.75) is 32.9 Å². The van der Waals surface area contributed by atoms with Gasteiger partial charge < -0.3 is 19.5 Å². The number of nitrogens with zero attached hydrogens (tertiary/aromatic N) is 3. The highest BCUT2D eigenvalue weighted by atomic mass is 127. The molecule has 0 saturated carbocycles. The number of hydrogen-bond acceptors (Lipinski definition) is 4. The Kier molecular flexibility index (Phi) is 10.0. The molecular formula is C23H31IN4O3. The summed E-state index contributed by atoms with van der Waals surface area (Å²) in [5, 5.41) is 3.35. The summed E-state index contributed by atoms with van der Waals surface area (Å²) < 4.78 is 6.56. The van der Waals surface area contributed by atoms with Gasteiger partial charge in [0.1, 0.15) is 0 Å². The van der Waals surface area contributed by atoms with Crippen molar-refractivity contribution in [3.63, 3.8) is 0 Å². The maximum absolute atomic E-state index is 11.9. The first-order chi connectivity index (χ1) is 14.6. The van der Waals surface area contributed by atoms with E-state index in [1.54, 1.807) is 22.9 Å². The van der Waals surface area contributed by atoms with Crippen molar-refractivity contribution in [3.05, 3.63) is 70.1 Å². The van der Waals surface area contributed by atoms with Crippen LogP contribution in [0.2, 0.25) is 0 Å². The number of nitrogens with one attached hydrogen (secondary N) is 1. The number of guanidine groups is 1. The zero-order valence-corrected chi connectivity index (χ0v) is 20.5. The third-order valence-corrected chi connectivity index (χ3v) is 5.35. The monoisotopic (exact) mass is 538 g/mol. The number of piperidine rings is 1. The largest absolute Gasteiger partial charge is 0.469 e. The van der Waals surface area contributed by atoms with Crippen molar-refractivity contribution in [1.82, 2.24) is 14.8 Å². The standard InChI is InChI=1S/C23H30N4O3.HI/c1-3-24-23(26-14-11-20(12-15-26)22(29)30-2)25-16-18-7-9-19(10-8-18)17-27-13-5-4-6-21(27)28;/h4-10,13,20H,3,11-12,14-17H2,1-2H3,(H,24,25);1H. The van der Waals surface area contributed by atoms with Crippen molar-refractivity contribution in [1.29, 1.82) is 0 Å². The van der Waals surface area contributed by atoms with E-state index in [4.69, 9.17) is 9.73 Å². The number of carbonyl (C=O) groups excluding carboxylic acids is 1. The smallest absolute Gasteiger partial charge is 0.308 e. The van der Waals surface area contributed by atoms with E-state index < -0.39 is 0 Å². The van der Waals surface area contributed by atoms with E-state index >= 15 is 0 Å². The Bertz CT molecular complexity index is 919. The number of carbonyl (C=O) groups is 1. The molecule has 0 atom stereocenters. The summed E-state index contributed by atoms with van der Waals surface area (Å²) in [5.74, 6) is 0.744.